The second-order valence-corrected chi connectivity index (χ2v) is 27.3. The quantitative estimate of drug-likeness (QED) is 0.0259. The molecule has 38 heteroatoms. The number of primary amides is 1. The monoisotopic (exact) mass is 1520 g/mol. The van der Waals surface area contributed by atoms with Crippen LogP contribution in [0, 0.1) is 11.8 Å². The van der Waals surface area contributed by atoms with Crippen molar-refractivity contribution in [2.45, 2.75) is 178 Å². The molecule has 0 aliphatic rings. The van der Waals surface area contributed by atoms with Gasteiger partial charge >= 0.3 is 23.9 Å². The van der Waals surface area contributed by atoms with Gasteiger partial charge in [0.1, 0.15) is 60.1 Å². The van der Waals surface area contributed by atoms with Crippen molar-refractivity contribution in [2.75, 3.05) is 32.1 Å². The van der Waals surface area contributed by atoms with Gasteiger partial charge in [-0.05, 0) is 117 Å². The predicted molar refractivity (Wildman–Crippen MR) is 381 cm³/mol. The molecule has 0 fully saturated rings. The SMILES string of the molecule is CC[C@H](C)[C@H](NC(=O)[C@H](CCC(=O)O)NC(=O)[C@H](CCC(=O)O)NC(=O)[C@H](CCC(=O)O)NC(C)=O)C(=O)N[C@@H](Cc1ccc(O)cc1)C(=O)NCC(=O)N[C@@H](CCC(=O)O)C(=O)N[C@H](C(=O)N[C@@H](CCNS(=O)(=O)c1ccc(-c2ncc(-c3ccc(N(C)C)cc3)o2)cc1)C(=O)N[C@@H](C)C(N)=O)[C@@H](C)CC. The van der Waals surface area contributed by atoms with Crippen LogP contribution in [0.2, 0.25) is 0 Å². The molecule has 0 aliphatic heterocycles. The van der Waals surface area contributed by atoms with E-state index in [2.05, 4.69) is 62.9 Å². The maximum absolute atomic E-state index is 14.5. The molecule has 0 saturated heterocycles. The van der Waals surface area contributed by atoms with E-state index in [-0.39, 0.29) is 35.8 Å². The Morgan fingerprint density at radius 3 is 1.36 bits per heavy atom. The first-order valence-electron chi connectivity index (χ1n) is 34.1. The summed E-state index contributed by atoms with van der Waals surface area (Å²) in [5, 5.41) is 71.8. The lowest BCUT2D eigenvalue weighted by Crippen LogP contribution is -2.61. The molecule has 18 N–H and O–H groups in total. The molecule has 11 atom stereocenters. The van der Waals surface area contributed by atoms with E-state index in [0.29, 0.717) is 16.9 Å². The first kappa shape index (κ1) is 87.8. The summed E-state index contributed by atoms with van der Waals surface area (Å²) < 4.78 is 35.6. The highest BCUT2D eigenvalue weighted by atomic mass is 32.2. The van der Waals surface area contributed by atoms with E-state index in [1.54, 1.807) is 13.8 Å². The molecule has 37 nitrogen and oxygen atoms in total. The van der Waals surface area contributed by atoms with E-state index >= 15 is 0 Å². The molecule has 3 aromatic carbocycles. The van der Waals surface area contributed by atoms with Crippen LogP contribution in [0.15, 0.2) is 88.3 Å². The number of sulfonamides is 1. The number of oxazole rings is 1. The molecule has 1 heterocycles. The Morgan fingerprint density at radius 1 is 0.505 bits per heavy atom. The standard InChI is InChI=1S/C69H94N14O23S/c1-9-36(3)58(67(102)79-50(62(97)74-38(5)60(70)95)31-32-73-107(104,105)45-21-15-42(16-22-45)69-72-34-52(106-69)41-13-17-43(18-14-41)83(7)8)81-65(100)47(24-28-55(89)90)76-53(86)35-71-61(96)51(33-40-11-19-44(85)20-12-40)80-68(103)59(37(4)10-2)82-66(101)49(26-30-57(93)94)78-64(99)48(25-29-56(91)92)77-63(98)46(75-39(6)84)23-27-54(87)88/h11-22,34,36-38,46-51,58-59,73,85H,9-10,23-33,35H2,1-8H3,(H2,70,95)(H,71,96)(H,74,97)(H,75,84)(H,76,86)(H,77,98)(H,78,99)(H,79,102)(H,80,103)(H,81,100)(H,82,101)(H,87,88)(H,89,90)(H,91,92)(H,93,94)/t36-,37-,38-,46-,47-,48-,49-,50-,51-,58-,59-/m0/s1. The summed E-state index contributed by atoms with van der Waals surface area (Å²) in [6.07, 6.45) is -4.25. The number of carbonyl (C=O) groups is 15. The number of carboxylic acids is 4. The third-order valence-corrected chi connectivity index (χ3v) is 18.4. The Bertz CT molecular complexity index is 3930. The van der Waals surface area contributed by atoms with Crippen molar-refractivity contribution < 1.29 is 110 Å². The molecular formula is C69H94N14O23S. The molecule has 0 radical (unpaired) electrons. The minimum Gasteiger partial charge on any atom is -0.508 e. The Hall–Kier alpha value is -11.6. The van der Waals surface area contributed by atoms with Crippen LogP contribution in [0.5, 0.6) is 5.75 Å². The minimum atomic E-state index is -4.31. The van der Waals surface area contributed by atoms with Crippen LogP contribution >= 0.6 is 0 Å². The second-order valence-electron chi connectivity index (χ2n) is 25.5. The molecule has 4 rings (SSSR count). The van der Waals surface area contributed by atoms with Gasteiger partial charge in [0.05, 0.1) is 17.6 Å². The van der Waals surface area contributed by atoms with Crippen LogP contribution in [0.4, 0.5) is 5.69 Å². The lowest BCUT2D eigenvalue weighted by Gasteiger charge is -2.29. The summed E-state index contributed by atoms with van der Waals surface area (Å²) in [6.45, 7) is 7.09. The average molecular weight is 1520 g/mol. The summed E-state index contributed by atoms with van der Waals surface area (Å²) in [4.78, 5) is 203. The number of nitrogens with one attached hydrogen (secondary N) is 11. The van der Waals surface area contributed by atoms with Gasteiger partial charge < -0.3 is 93.8 Å². The van der Waals surface area contributed by atoms with Crippen LogP contribution in [-0.4, -0.2) is 209 Å². The fraction of sp³-hybridized carbons (Fsp3) is 0.478. The maximum Gasteiger partial charge on any atom is 0.303 e. The first-order valence-corrected chi connectivity index (χ1v) is 35.6. The topological polar surface area (TPSA) is 579 Å². The minimum absolute atomic E-state index is 0.141. The summed E-state index contributed by atoms with van der Waals surface area (Å²) >= 11 is 0. The number of aliphatic carboxylic acids is 4. The third kappa shape index (κ3) is 29.5. The smallest absolute Gasteiger partial charge is 0.303 e. The van der Waals surface area contributed by atoms with Crippen molar-refractivity contribution in [3.63, 3.8) is 0 Å². The number of benzene rings is 3. The zero-order chi connectivity index (χ0) is 80.0. The number of nitrogens with zero attached hydrogens (tertiary/aromatic N) is 2. The summed E-state index contributed by atoms with van der Waals surface area (Å²) in [6, 6.07) is 3.70. The number of carboxylic acid groups (broad SMARTS) is 4. The number of aromatic nitrogens is 1. The summed E-state index contributed by atoms with van der Waals surface area (Å²) in [7, 11) is -0.511. The summed E-state index contributed by atoms with van der Waals surface area (Å²) in [5.41, 5.74) is 7.88. The second kappa shape index (κ2) is 42.4. The molecule has 0 aliphatic carbocycles. The van der Waals surface area contributed by atoms with Crippen LogP contribution in [-0.2, 0) is 88.4 Å². The highest BCUT2D eigenvalue weighted by Crippen LogP contribution is 2.28. The van der Waals surface area contributed by atoms with Crippen LogP contribution in [0.1, 0.15) is 118 Å². The summed E-state index contributed by atoms with van der Waals surface area (Å²) in [5.74, 6) is -18.5. The molecule has 0 spiro atoms. The van der Waals surface area contributed by atoms with E-state index in [1.807, 2.05) is 43.3 Å². The first-order chi connectivity index (χ1) is 50.3. The molecule has 0 unspecified atom stereocenters. The normalized spacial score (nSPS) is 14.2. The lowest BCUT2D eigenvalue weighted by molar-refractivity contribution is -0.140. The molecule has 0 bridgehead atoms. The number of anilines is 1. The Balaban J connectivity index is 1.54. The van der Waals surface area contributed by atoms with Gasteiger partial charge in [0.15, 0.2) is 5.76 Å². The fourth-order valence-electron chi connectivity index (χ4n) is 10.3. The highest BCUT2D eigenvalue weighted by Gasteiger charge is 2.37. The molecule has 0 saturated carbocycles. The van der Waals surface area contributed by atoms with Gasteiger partial charge in [-0.3, -0.25) is 71.9 Å². The zero-order valence-electron chi connectivity index (χ0n) is 60.2. The molecule has 1 aromatic heterocycles. The van der Waals surface area contributed by atoms with Crippen molar-refractivity contribution in [3.05, 3.63) is 84.6 Å². The predicted octanol–water partition coefficient (Wildman–Crippen LogP) is -0.753. The number of phenols is 1. The van der Waals surface area contributed by atoms with Gasteiger partial charge in [0.2, 0.25) is 80.9 Å². The van der Waals surface area contributed by atoms with E-state index in [1.165, 1.54) is 75.5 Å². The average Bonchev–Trinajstić information content (AvgIpc) is 1.80. The van der Waals surface area contributed by atoms with Crippen molar-refractivity contribution in [1.29, 1.82) is 0 Å². The van der Waals surface area contributed by atoms with Gasteiger partial charge in [-0.25, -0.2) is 18.1 Å². The molecule has 11 amide bonds. The number of phenolic OH excluding ortho intramolecular Hbond substituents is 1. The van der Waals surface area contributed by atoms with Gasteiger partial charge in [0.25, 0.3) is 0 Å². The van der Waals surface area contributed by atoms with Crippen LogP contribution < -0.4 is 68.5 Å². The molecular weight excluding hydrogens is 1420 g/mol. The number of rotatable bonds is 46. The van der Waals surface area contributed by atoms with Gasteiger partial charge in [-0.2, -0.15) is 0 Å². The zero-order valence-corrected chi connectivity index (χ0v) is 61.0. The van der Waals surface area contributed by atoms with Gasteiger partial charge in [-0.15, -0.1) is 0 Å². The number of aromatic hydroxyl groups is 1. The van der Waals surface area contributed by atoms with Crippen LogP contribution in [0.25, 0.3) is 22.8 Å². The number of amides is 11. The van der Waals surface area contributed by atoms with E-state index < -0.39 is 236 Å². The van der Waals surface area contributed by atoms with E-state index in [0.717, 1.165) is 18.2 Å². The number of hydrogen-bond acceptors (Lipinski definition) is 21. The van der Waals surface area contributed by atoms with Crippen molar-refractivity contribution in [1.82, 2.24) is 62.9 Å². The van der Waals surface area contributed by atoms with E-state index in [9.17, 15) is 106 Å². The van der Waals surface area contributed by atoms with Crippen LogP contribution in [0.3, 0.4) is 0 Å². The number of hydrogen-bond donors (Lipinski definition) is 17. The van der Waals surface area contributed by atoms with Gasteiger partial charge in [0, 0.05) is 76.5 Å². The number of carbonyl (C=O) groups excluding carboxylic acids is 11. The molecule has 4 aromatic rings. The van der Waals surface area contributed by atoms with E-state index in [4.69, 9.17) is 10.2 Å². The number of nitrogens with two attached hydrogens (primary N) is 1. The highest BCUT2D eigenvalue weighted by molar-refractivity contribution is 7.89. The van der Waals surface area contributed by atoms with Crippen molar-refractivity contribution in [3.8, 4) is 28.5 Å². The molecule has 584 valence electrons. The fourth-order valence-corrected chi connectivity index (χ4v) is 11.3. The Kier molecular flexibility index (Phi) is 34.8. The van der Waals surface area contributed by atoms with Gasteiger partial charge in [-0.1, -0.05) is 52.7 Å². The largest absolute Gasteiger partial charge is 0.508 e. The third-order valence-electron chi connectivity index (χ3n) is 16.9. The molecule has 107 heavy (non-hydrogen) atoms. The lowest BCUT2D eigenvalue weighted by atomic mass is 9.96. The Morgan fingerprint density at radius 2 is 0.916 bits per heavy atom. The van der Waals surface area contributed by atoms with Crippen molar-refractivity contribution in [2.24, 2.45) is 17.6 Å². The maximum atomic E-state index is 14.5. The Labute approximate surface area is 615 Å². The van der Waals surface area contributed by atoms with Crippen molar-refractivity contribution >= 4 is 105 Å².